The normalized spacial score (nSPS) is 15.8. The first-order chi connectivity index (χ1) is 20.2. The lowest BCUT2D eigenvalue weighted by molar-refractivity contribution is -0.151. The molecule has 4 amide bonds. The molecule has 13 heteroatoms. The summed E-state index contributed by atoms with van der Waals surface area (Å²) in [6.07, 6.45) is -1.06. The molecule has 0 bridgehead atoms. The summed E-state index contributed by atoms with van der Waals surface area (Å²) < 4.78 is 5.09. The highest BCUT2D eigenvalue weighted by molar-refractivity contribution is 6.11. The van der Waals surface area contributed by atoms with Crippen LogP contribution in [-0.2, 0) is 33.5 Å². The van der Waals surface area contributed by atoms with Crippen molar-refractivity contribution in [3.8, 4) is 5.75 Å². The van der Waals surface area contributed by atoms with Crippen LogP contribution in [0.4, 0.5) is 11.4 Å². The molecule has 2 aromatic rings. The number of nitrogens with one attached hydrogen (secondary N) is 2. The van der Waals surface area contributed by atoms with Gasteiger partial charge in [0.05, 0.1) is 24.0 Å². The van der Waals surface area contributed by atoms with Crippen LogP contribution in [0.1, 0.15) is 48.7 Å². The molecule has 1 aliphatic heterocycles. The summed E-state index contributed by atoms with van der Waals surface area (Å²) in [6, 6.07) is 6.62. The number of fused-ring (bicyclic) bond motifs is 1. The Morgan fingerprint density at radius 2 is 1.67 bits per heavy atom. The Labute approximate surface area is 248 Å². The van der Waals surface area contributed by atoms with E-state index in [4.69, 9.17) is 4.74 Å². The molecule has 0 fully saturated rings. The Morgan fingerprint density at radius 1 is 1.07 bits per heavy atom. The van der Waals surface area contributed by atoms with E-state index in [-0.39, 0.29) is 41.4 Å². The van der Waals surface area contributed by atoms with Gasteiger partial charge in [-0.3, -0.25) is 33.7 Å². The fourth-order valence-electron chi connectivity index (χ4n) is 4.75. The van der Waals surface area contributed by atoms with E-state index in [0.29, 0.717) is 17.4 Å². The third-order valence-corrected chi connectivity index (χ3v) is 6.73. The fourth-order valence-corrected chi connectivity index (χ4v) is 4.75. The Hall–Kier alpha value is -5.07. The van der Waals surface area contributed by atoms with Gasteiger partial charge in [-0.15, -0.1) is 0 Å². The number of carbonyl (C=O) groups is 7. The molecule has 1 heterocycles. The SMILES string of the molecule is CC(=O)C[C@@H](C=O)NC(=O)CN1C(=O)[C@@H](NC(=O)c2cc(C)c(O)c(C)c2)CN(C(=O)[C@H](C)OC(C)=O)c2ccccc21. The zero-order valence-electron chi connectivity index (χ0n) is 24.5. The van der Waals surface area contributed by atoms with Crippen molar-refractivity contribution in [3.63, 3.8) is 0 Å². The van der Waals surface area contributed by atoms with Crippen LogP contribution < -0.4 is 20.4 Å². The van der Waals surface area contributed by atoms with Crippen molar-refractivity contribution in [2.24, 2.45) is 0 Å². The summed E-state index contributed by atoms with van der Waals surface area (Å²) in [4.78, 5) is 90.6. The van der Waals surface area contributed by atoms with Crippen molar-refractivity contribution in [2.75, 3.05) is 22.9 Å². The molecule has 13 nitrogen and oxygen atoms in total. The number of phenols is 1. The van der Waals surface area contributed by atoms with Gasteiger partial charge in [-0.05, 0) is 63.1 Å². The van der Waals surface area contributed by atoms with E-state index in [1.807, 2.05) is 0 Å². The first kappa shape index (κ1) is 32.4. The van der Waals surface area contributed by atoms with Crippen molar-refractivity contribution in [3.05, 3.63) is 53.1 Å². The van der Waals surface area contributed by atoms with E-state index in [1.54, 1.807) is 26.0 Å². The molecule has 0 aromatic heterocycles. The maximum atomic E-state index is 14.0. The zero-order valence-corrected chi connectivity index (χ0v) is 24.5. The molecule has 3 N–H and O–H groups in total. The third-order valence-electron chi connectivity index (χ3n) is 6.73. The van der Waals surface area contributed by atoms with Gasteiger partial charge in [0.15, 0.2) is 6.10 Å². The molecule has 3 rings (SSSR count). The highest BCUT2D eigenvalue weighted by Crippen LogP contribution is 2.33. The van der Waals surface area contributed by atoms with Crippen molar-refractivity contribution in [1.29, 1.82) is 0 Å². The van der Waals surface area contributed by atoms with Crippen molar-refractivity contribution in [2.45, 2.75) is 59.2 Å². The van der Waals surface area contributed by atoms with E-state index in [2.05, 4.69) is 10.6 Å². The number of nitrogens with zero attached hydrogens (tertiary/aromatic N) is 2. The number of Topliss-reactive ketones (excluding diaryl/α,β-unsaturated/α-hetero) is 1. The number of ether oxygens (including phenoxy) is 1. The van der Waals surface area contributed by atoms with Crippen LogP contribution in [0.15, 0.2) is 36.4 Å². The number of hydrogen-bond acceptors (Lipinski definition) is 9. The Balaban J connectivity index is 2.05. The number of anilines is 2. The van der Waals surface area contributed by atoms with Crippen LogP contribution in [0.25, 0.3) is 0 Å². The van der Waals surface area contributed by atoms with Gasteiger partial charge in [-0.25, -0.2) is 0 Å². The van der Waals surface area contributed by atoms with Gasteiger partial charge in [-0.1, -0.05) is 12.1 Å². The lowest BCUT2D eigenvalue weighted by Crippen LogP contribution is -2.55. The highest BCUT2D eigenvalue weighted by atomic mass is 16.5. The maximum absolute atomic E-state index is 14.0. The number of aryl methyl sites for hydroxylation is 2. The topological polar surface area (TPSA) is 179 Å². The van der Waals surface area contributed by atoms with Gasteiger partial charge >= 0.3 is 5.97 Å². The number of phenolic OH excluding ortho intramolecular Hbond substituents is 1. The average Bonchev–Trinajstić information content (AvgIpc) is 3.04. The van der Waals surface area contributed by atoms with Crippen molar-refractivity contribution in [1.82, 2.24) is 10.6 Å². The summed E-state index contributed by atoms with van der Waals surface area (Å²) in [7, 11) is 0. The number of esters is 1. The smallest absolute Gasteiger partial charge is 0.303 e. The molecule has 43 heavy (non-hydrogen) atoms. The number of aromatic hydroxyl groups is 1. The van der Waals surface area contributed by atoms with Crippen LogP contribution >= 0.6 is 0 Å². The minimum atomic E-state index is -1.38. The standard InChI is InChI=1S/C30H34N4O9/c1-16-10-21(11-17(2)27(16)39)28(40)32-23-13-33(29(41)19(4)43-20(5)37)24-8-6-7-9-25(24)34(30(23)42)14-26(38)31-22(15-35)12-18(3)36/h6-11,15,19,22-23,39H,12-14H2,1-5H3,(H,31,38)(H,32,40)/t19-,22-,23-/m0/s1. The number of benzene rings is 2. The molecular weight excluding hydrogens is 560 g/mol. The molecule has 3 atom stereocenters. The van der Waals surface area contributed by atoms with Gasteiger partial charge in [0.2, 0.25) is 5.91 Å². The lowest BCUT2D eigenvalue weighted by Gasteiger charge is -2.27. The molecule has 1 aliphatic rings. The van der Waals surface area contributed by atoms with Gasteiger partial charge in [-0.2, -0.15) is 0 Å². The quantitative estimate of drug-likeness (QED) is 0.268. The van der Waals surface area contributed by atoms with Crippen LogP contribution in [0.5, 0.6) is 5.75 Å². The van der Waals surface area contributed by atoms with Crippen LogP contribution in [0.3, 0.4) is 0 Å². The fraction of sp³-hybridized carbons (Fsp3) is 0.367. The highest BCUT2D eigenvalue weighted by Gasteiger charge is 2.39. The number of para-hydroxylation sites is 2. The van der Waals surface area contributed by atoms with Gasteiger partial charge in [0, 0.05) is 18.9 Å². The average molecular weight is 595 g/mol. The number of ketones is 1. The molecule has 0 saturated heterocycles. The third kappa shape index (κ3) is 7.82. The monoisotopic (exact) mass is 594 g/mol. The van der Waals surface area contributed by atoms with Gasteiger partial charge in [0.1, 0.15) is 30.4 Å². The summed E-state index contributed by atoms with van der Waals surface area (Å²) in [5.74, 6) is -3.87. The molecule has 2 aromatic carbocycles. The van der Waals surface area contributed by atoms with Crippen LogP contribution in [0, 0.1) is 13.8 Å². The van der Waals surface area contributed by atoms with E-state index in [1.165, 1.54) is 43.0 Å². The Kier molecular flexibility index (Phi) is 10.4. The van der Waals surface area contributed by atoms with Crippen LogP contribution in [0.2, 0.25) is 0 Å². The van der Waals surface area contributed by atoms with Gasteiger partial charge in [0.25, 0.3) is 17.7 Å². The summed E-state index contributed by atoms with van der Waals surface area (Å²) in [5.41, 5.74) is 1.37. The predicted octanol–water partition coefficient (Wildman–Crippen LogP) is 1.10. The van der Waals surface area contributed by atoms with Crippen molar-refractivity contribution >= 4 is 53.0 Å². The Morgan fingerprint density at radius 3 is 2.23 bits per heavy atom. The molecular formula is C30H34N4O9. The predicted molar refractivity (Wildman–Crippen MR) is 155 cm³/mol. The molecule has 0 aliphatic carbocycles. The number of carbonyl (C=O) groups excluding carboxylic acids is 7. The first-order valence-corrected chi connectivity index (χ1v) is 13.5. The molecule has 228 valence electrons. The first-order valence-electron chi connectivity index (χ1n) is 13.5. The minimum Gasteiger partial charge on any atom is -0.507 e. The summed E-state index contributed by atoms with van der Waals surface area (Å²) in [6.45, 7) is 6.03. The minimum absolute atomic E-state index is 0.0179. The number of aldehydes is 1. The lowest BCUT2D eigenvalue weighted by atomic mass is 10.0. The summed E-state index contributed by atoms with van der Waals surface area (Å²) >= 11 is 0. The number of amides is 4. The zero-order chi connectivity index (χ0) is 32.0. The summed E-state index contributed by atoms with van der Waals surface area (Å²) in [5, 5.41) is 15.2. The molecule has 0 spiro atoms. The second kappa shape index (κ2) is 13.7. The second-order valence-electron chi connectivity index (χ2n) is 10.3. The van der Waals surface area contributed by atoms with E-state index >= 15 is 0 Å². The number of hydrogen-bond donors (Lipinski definition) is 3. The maximum Gasteiger partial charge on any atom is 0.303 e. The largest absolute Gasteiger partial charge is 0.507 e. The molecule has 0 unspecified atom stereocenters. The number of rotatable bonds is 10. The van der Waals surface area contributed by atoms with Gasteiger partial charge < -0.3 is 30.2 Å². The van der Waals surface area contributed by atoms with Crippen molar-refractivity contribution < 1.29 is 43.4 Å². The van der Waals surface area contributed by atoms with E-state index in [0.717, 1.165) is 11.8 Å². The molecule has 0 saturated carbocycles. The second-order valence-corrected chi connectivity index (χ2v) is 10.3. The van der Waals surface area contributed by atoms with E-state index < -0.39 is 54.3 Å². The Bertz CT molecular complexity index is 1450. The molecule has 0 radical (unpaired) electrons. The van der Waals surface area contributed by atoms with E-state index in [9.17, 15) is 38.7 Å². The van der Waals surface area contributed by atoms with Crippen LogP contribution in [-0.4, -0.2) is 78.1 Å².